The Bertz CT molecular complexity index is 492. The molecule has 1 aliphatic heterocycles. The van der Waals surface area contributed by atoms with Gasteiger partial charge in [-0.3, -0.25) is 9.69 Å². The Kier molecular flexibility index (Phi) is 5.88. The highest BCUT2D eigenvalue weighted by atomic mass is 35.5. The summed E-state index contributed by atoms with van der Waals surface area (Å²) in [4.78, 5) is 13.2. The molecule has 1 fully saturated rings. The highest BCUT2D eigenvalue weighted by Gasteiger charge is 2.24. The van der Waals surface area contributed by atoms with E-state index in [-0.39, 0.29) is 6.42 Å². The maximum Gasteiger partial charge on any atom is 0.303 e. The van der Waals surface area contributed by atoms with Gasteiger partial charge in [-0.15, -0.1) is 0 Å². The largest absolute Gasteiger partial charge is 0.496 e. The summed E-state index contributed by atoms with van der Waals surface area (Å²) in [6.45, 7) is 1.76. The molecule has 21 heavy (non-hydrogen) atoms. The molecule has 5 heteroatoms. The molecule has 0 bridgehead atoms. The molecule has 1 aromatic carbocycles. The molecule has 1 saturated heterocycles. The summed E-state index contributed by atoms with van der Waals surface area (Å²) in [6, 6.07) is 5.97. The molecule has 1 aromatic rings. The van der Waals surface area contributed by atoms with Crippen molar-refractivity contribution in [3.63, 3.8) is 0 Å². The molecule has 1 unspecified atom stereocenters. The van der Waals surface area contributed by atoms with Gasteiger partial charge in [0.1, 0.15) is 5.75 Å². The Morgan fingerprint density at radius 2 is 2.29 bits per heavy atom. The standard InChI is InChI=1S/C16H22ClNO3/c1-21-15-7-5-13(17)10-12(15)11-18-9-3-2-4-14(18)6-8-16(19)20/h5,7,10,14H,2-4,6,8-9,11H2,1H3,(H,19,20). The van der Waals surface area contributed by atoms with Crippen LogP contribution in [0.25, 0.3) is 0 Å². The third-order valence-electron chi connectivity index (χ3n) is 4.06. The van der Waals surface area contributed by atoms with Gasteiger partial charge in [-0.05, 0) is 44.0 Å². The minimum Gasteiger partial charge on any atom is -0.496 e. The first-order valence-corrected chi connectivity index (χ1v) is 7.76. The predicted molar refractivity (Wildman–Crippen MR) is 82.9 cm³/mol. The summed E-state index contributed by atoms with van der Waals surface area (Å²) in [5.41, 5.74) is 1.06. The van der Waals surface area contributed by atoms with Crippen LogP contribution >= 0.6 is 11.6 Å². The molecular weight excluding hydrogens is 290 g/mol. The van der Waals surface area contributed by atoms with E-state index in [9.17, 15) is 4.79 Å². The van der Waals surface area contributed by atoms with Crippen molar-refractivity contribution in [1.29, 1.82) is 0 Å². The normalized spacial score (nSPS) is 19.4. The van der Waals surface area contributed by atoms with Crippen molar-refractivity contribution >= 4 is 17.6 Å². The first kappa shape index (κ1) is 16.1. The number of carbonyl (C=O) groups is 1. The van der Waals surface area contributed by atoms with Gasteiger partial charge in [-0.2, -0.15) is 0 Å². The third-order valence-corrected chi connectivity index (χ3v) is 4.29. The van der Waals surface area contributed by atoms with Crippen molar-refractivity contribution in [3.8, 4) is 5.75 Å². The predicted octanol–water partition coefficient (Wildman–Crippen LogP) is 3.57. The molecule has 1 atom stereocenters. The molecule has 0 radical (unpaired) electrons. The zero-order valence-corrected chi connectivity index (χ0v) is 13.1. The van der Waals surface area contributed by atoms with E-state index in [2.05, 4.69) is 4.90 Å². The van der Waals surface area contributed by atoms with E-state index in [1.807, 2.05) is 18.2 Å². The fourth-order valence-electron chi connectivity index (χ4n) is 2.97. The Labute approximate surface area is 130 Å². The van der Waals surface area contributed by atoms with Gasteiger partial charge in [0.25, 0.3) is 0 Å². The lowest BCUT2D eigenvalue weighted by atomic mass is 9.97. The summed E-state index contributed by atoms with van der Waals surface area (Å²) in [5, 5.41) is 9.58. The Balaban J connectivity index is 2.08. The van der Waals surface area contributed by atoms with Crippen LogP contribution in [0.3, 0.4) is 0 Å². The van der Waals surface area contributed by atoms with Crippen LogP contribution in [0.4, 0.5) is 0 Å². The van der Waals surface area contributed by atoms with Crippen LogP contribution in [0.5, 0.6) is 5.75 Å². The van der Waals surface area contributed by atoms with E-state index in [0.717, 1.165) is 37.2 Å². The molecule has 0 aliphatic carbocycles. The van der Waals surface area contributed by atoms with Crippen molar-refractivity contribution in [1.82, 2.24) is 4.90 Å². The van der Waals surface area contributed by atoms with Gasteiger partial charge in [-0.1, -0.05) is 18.0 Å². The van der Waals surface area contributed by atoms with Gasteiger partial charge in [0.15, 0.2) is 0 Å². The van der Waals surface area contributed by atoms with Gasteiger partial charge >= 0.3 is 5.97 Å². The minimum atomic E-state index is -0.721. The molecule has 4 nitrogen and oxygen atoms in total. The Morgan fingerprint density at radius 3 is 3.00 bits per heavy atom. The van der Waals surface area contributed by atoms with E-state index < -0.39 is 5.97 Å². The van der Waals surface area contributed by atoms with Crippen LogP contribution in [-0.4, -0.2) is 35.7 Å². The lowest BCUT2D eigenvalue weighted by Gasteiger charge is -2.36. The quantitative estimate of drug-likeness (QED) is 0.872. The fraction of sp³-hybridized carbons (Fsp3) is 0.562. The SMILES string of the molecule is COc1ccc(Cl)cc1CN1CCCCC1CCC(=O)O. The molecule has 0 amide bonds. The van der Waals surface area contributed by atoms with E-state index >= 15 is 0 Å². The number of hydrogen-bond acceptors (Lipinski definition) is 3. The van der Waals surface area contributed by atoms with Crippen LogP contribution in [0.15, 0.2) is 18.2 Å². The molecule has 0 aromatic heterocycles. The molecule has 1 heterocycles. The lowest BCUT2D eigenvalue weighted by Crippen LogP contribution is -2.39. The topological polar surface area (TPSA) is 49.8 Å². The molecule has 0 saturated carbocycles. The lowest BCUT2D eigenvalue weighted by molar-refractivity contribution is -0.137. The number of halogens is 1. The Morgan fingerprint density at radius 1 is 1.48 bits per heavy atom. The molecular formula is C16H22ClNO3. The summed E-state index contributed by atoms with van der Waals surface area (Å²) in [6.07, 6.45) is 4.34. The van der Waals surface area contributed by atoms with Crippen LogP contribution in [0, 0.1) is 0 Å². The van der Waals surface area contributed by atoms with Gasteiger partial charge in [0, 0.05) is 29.6 Å². The second-order valence-electron chi connectivity index (χ2n) is 5.51. The highest BCUT2D eigenvalue weighted by molar-refractivity contribution is 6.30. The van der Waals surface area contributed by atoms with Crippen molar-refractivity contribution in [2.45, 2.75) is 44.7 Å². The fourth-order valence-corrected chi connectivity index (χ4v) is 3.17. The third kappa shape index (κ3) is 4.61. The van der Waals surface area contributed by atoms with Gasteiger partial charge < -0.3 is 9.84 Å². The number of carboxylic acids is 1. The number of methoxy groups -OCH3 is 1. The zero-order valence-electron chi connectivity index (χ0n) is 12.3. The minimum absolute atomic E-state index is 0.230. The number of nitrogens with zero attached hydrogens (tertiary/aromatic N) is 1. The summed E-state index contributed by atoms with van der Waals surface area (Å²) < 4.78 is 5.40. The van der Waals surface area contributed by atoms with E-state index in [1.165, 1.54) is 6.42 Å². The average molecular weight is 312 g/mol. The molecule has 1 aliphatic rings. The van der Waals surface area contributed by atoms with Crippen LogP contribution < -0.4 is 4.74 Å². The second kappa shape index (κ2) is 7.66. The smallest absolute Gasteiger partial charge is 0.303 e. The van der Waals surface area contributed by atoms with Crippen molar-refractivity contribution < 1.29 is 14.6 Å². The zero-order chi connectivity index (χ0) is 15.2. The summed E-state index contributed by atoms with van der Waals surface area (Å²) >= 11 is 6.08. The summed E-state index contributed by atoms with van der Waals surface area (Å²) in [5.74, 6) is 0.114. The number of benzene rings is 1. The van der Waals surface area contributed by atoms with Crippen LogP contribution in [0.1, 0.15) is 37.7 Å². The Hall–Kier alpha value is -1.26. The van der Waals surface area contributed by atoms with Crippen molar-refractivity contribution in [3.05, 3.63) is 28.8 Å². The van der Waals surface area contributed by atoms with Crippen LogP contribution in [-0.2, 0) is 11.3 Å². The number of hydrogen-bond donors (Lipinski definition) is 1. The van der Waals surface area contributed by atoms with E-state index in [0.29, 0.717) is 17.5 Å². The molecule has 116 valence electrons. The second-order valence-corrected chi connectivity index (χ2v) is 5.95. The monoisotopic (exact) mass is 311 g/mol. The summed E-state index contributed by atoms with van der Waals surface area (Å²) in [7, 11) is 1.66. The van der Waals surface area contributed by atoms with E-state index in [4.69, 9.17) is 21.4 Å². The number of rotatable bonds is 6. The number of ether oxygens (including phenoxy) is 1. The van der Waals surface area contributed by atoms with Gasteiger partial charge in [0.05, 0.1) is 7.11 Å². The number of likely N-dealkylation sites (tertiary alicyclic amines) is 1. The maximum absolute atomic E-state index is 10.8. The first-order chi connectivity index (χ1) is 10.1. The van der Waals surface area contributed by atoms with Crippen molar-refractivity contribution in [2.24, 2.45) is 0 Å². The van der Waals surface area contributed by atoms with Crippen LogP contribution in [0.2, 0.25) is 5.02 Å². The number of carboxylic acid groups (broad SMARTS) is 1. The number of piperidine rings is 1. The van der Waals surface area contributed by atoms with Crippen molar-refractivity contribution in [2.75, 3.05) is 13.7 Å². The molecule has 2 rings (SSSR count). The van der Waals surface area contributed by atoms with Gasteiger partial charge in [0.2, 0.25) is 0 Å². The highest BCUT2D eigenvalue weighted by Crippen LogP contribution is 2.28. The van der Waals surface area contributed by atoms with E-state index in [1.54, 1.807) is 7.11 Å². The molecule has 1 N–H and O–H groups in total. The average Bonchev–Trinajstić information content (AvgIpc) is 2.46. The maximum atomic E-state index is 10.8. The van der Waals surface area contributed by atoms with Gasteiger partial charge in [-0.25, -0.2) is 0 Å². The number of aliphatic carboxylic acids is 1. The molecule has 0 spiro atoms. The first-order valence-electron chi connectivity index (χ1n) is 7.38.